The first-order valence-corrected chi connectivity index (χ1v) is 10.5. The van der Waals surface area contributed by atoms with Gasteiger partial charge in [-0.05, 0) is 74.2 Å². The lowest BCUT2D eigenvalue weighted by Gasteiger charge is -2.36. The number of nitrogens with zero attached hydrogens (tertiary/aromatic N) is 4. The number of amides is 1. The van der Waals surface area contributed by atoms with Gasteiger partial charge >= 0.3 is 0 Å². The third kappa shape index (κ3) is 3.56. The van der Waals surface area contributed by atoms with E-state index in [1.807, 2.05) is 55.6 Å². The molecule has 4 heterocycles. The second kappa shape index (κ2) is 7.80. The van der Waals surface area contributed by atoms with E-state index in [2.05, 4.69) is 9.97 Å². The third-order valence-electron chi connectivity index (χ3n) is 5.27. The Morgan fingerprint density at radius 1 is 1.18 bits per heavy atom. The van der Waals surface area contributed by atoms with Crippen LogP contribution < -0.4 is 0 Å². The van der Waals surface area contributed by atoms with Crippen LogP contribution >= 0.6 is 11.3 Å². The van der Waals surface area contributed by atoms with E-state index in [4.69, 9.17) is 4.98 Å². The highest BCUT2D eigenvalue weighted by atomic mass is 32.1. The average Bonchev–Trinajstić information content (AvgIpc) is 3.14. The molecule has 4 rings (SSSR count). The van der Waals surface area contributed by atoms with Crippen molar-refractivity contribution in [3.05, 3.63) is 63.6 Å². The summed E-state index contributed by atoms with van der Waals surface area (Å²) in [4.78, 5) is 29.6. The van der Waals surface area contributed by atoms with Gasteiger partial charge in [0.1, 0.15) is 5.82 Å². The molecule has 1 aliphatic rings. The van der Waals surface area contributed by atoms with Gasteiger partial charge in [-0.15, -0.1) is 11.3 Å². The molecule has 1 atom stereocenters. The van der Waals surface area contributed by atoms with Crippen molar-refractivity contribution in [2.24, 2.45) is 0 Å². The van der Waals surface area contributed by atoms with Crippen molar-refractivity contribution in [1.29, 1.82) is 0 Å². The summed E-state index contributed by atoms with van der Waals surface area (Å²) in [5, 5.41) is 2.03. The summed E-state index contributed by atoms with van der Waals surface area (Å²) in [6.45, 7) is 6.74. The molecule has 0 bridgehead atoms. The summed E-state index contributed by atoms with van der Waals surface area (Å²) < 4.78 is 0. The molecule has 144 valence electrons. The Morgan fingerprint density at radius 3 is 2.79 bits per heavy atom. The summed E-state index contributed by atoms with van der Waals surface area (Å²) in [5.41, 5.74) is 5.24. The standard InChI is InChI=1S/C22H24N4OS/c1-14-10-20(28-13-14)22(27)26-9-5-4-6-19(26)21-18(12-24-16(3)25-21)17-7-8-23-11-15(17)2/h7-8,10-13,19H,4-6,9H2,1-3H3. The topological polar surface area (TPSA) is 59.0 Å². The molecule has 1 aliphatic heterocycles. The summed E-state index contributed by atoms with van der Waals surface area (Å²) in [6, 6.07) is 3.95. The number of carbonyl (C=O) groups is 1. The summed E-state index contributed by atoms with van der Waals surface area (Å²) in [6.07, 6.45) is 8.59. The van der Waals surface area contributed by atoms with Crippen LogP contribution in [0.4, 0.5) is 0 Å². The van der Waals surface area contributed by atoms with Gasteiger partial charge in [0.2, 0.25) is 0 Å². The molecule has 0 spiro atoms. The molecule has 1 saturated heterocycles. The predicted octanol–water partition coefficient (Wildman–Crippen LogP) is 4.89. The Kier molecular flexibility index (Phi) is 5.22. The average molecular weight is 393 g/mol. The largest absolute Gasteiger partial charge is 0.329 e. The maximum absolute atomic E-state index is 13.3. The van der Waals surface area contributed by atoms with Crippen molar-refractivity contribution >= 4 is 17.2 Å². The van der Waals surface area contributed by atoms with Crippen molar-refractivity contribution in [3.8, 4) is 11.1 Å². The minimum absolute atomic E-state index is 0.0343. The van der Waals surface area contributed by atoms with Gasteiger partial charge < -0.3 is 4.90 Å². The number of hydrogen-bond donors (Lipinski definition) is 0. The molecule has 1 amide bonds. The van der Waals surface area contributed by atoms with Crippen molar-refractivity contribution in [3.63, 3.8) is 0 Å². The maximum Gasteiger partial charge on any atom is 0.264 e. The number of hydrogen-bond acceptors (Lipinski definition) is 5. The molecule has 3 aromatic heterocycles. The van der Waals surface area contributed by atoms with Gasteiger partial charge in [-0.2, -0.15) is 0 Å². The minimum atomic E-state index is -0.0343. The fourth-order valence-corrected chi connectivity index (χ4v) is 4.72. The van der Waals surface area contributed by atoms with Gasteiger partial charge in [0.25, 0.3) is 5.91 Å². The van der Waals surface area contributed by atoms with E-state index in [0.29, 0.717) is 0 Å². The zero-order valence-corrected chi connectivity index (χ0v) is 17.3. The van der Waals surface area contributed by atoms with Crippen LogP contribution in [0, 0.1) is 20.8 Å². The Balaban J connectivity index is 1.79. The Bertz CT molecular complexity index is 1010. The highest BCUT2D eigenvalue weighted by Crippen LogP contribution is 2.37. The van der Waals surface area contributed by atoms with Gasteiger partial charge in [0.05, 0.1) is 16.6 Å². The molecule has 1 fully saturated rings. The first kappa shape index (κ1) is 18.7. The molecule has 0 radical (unpaired) electrons. The first-order valence-electron chi connectivity index (χ1n) is 9.65. The number of aromatic nitrogens is 3. The van der Waals surface area contributed by atoms with Gasteiger partial charge in [0, 0.05) is 30.7 Å². The molecule has 0 N–H and O–H groups in total. The fourth-order valence-electron chi connectivity index (χ4n) is 3.87. The van der Waals surface area contributed by atoms with Gasteiger partial charge in [0.15, 0.2) is 0 Å². The van der Waals surface area contributed by atoms with Crippen LogP contribution in [-0.2, 0) is 0 Å². The summed E-state index contributed by atoms with van der Waals surface area (Å²) in [5.74, 6) is 0.840. The quantitative estimate of drug-likeness (QED) is 0.636. The van der Waals surface area contributed by atoms with Crippen LogP contribution in [0.1, 0.15) is 57.6 Å². The molecule has 5 nitrogen and oxygen atoms in total. The maximum atomic E-state index is 13.3. The van der Waals surface area contributed by atoms with Crippen molar-refractivity contribution < 1.29 is 4.79 Å². The number of aryl methyl sites for hydroxylation is 3. The molecule has 6 heteroatoms. The highest BCUT2D eigenvalue weighted by molar-refractivity contribution is 7.12. The molecular weight excluding hydrogens is 368 g/mol. The Labute approximate surface area is 169 Å². The van der Waals surface area contributed by atoms with Crippen LogP contribution in [0.5, 0.6) is 0 Å². The van der Waals surface area contributed by atoms with E-state index in [1.165, 1.54) is 11.3 Å². The summed E-state index contributed by atoms with van der Waals surface area (Å²) in [7, 11) is 0. The smallest absolute Gasteiger partial charge is 0.264 e. The number of piperidine rings is 1. The lowest BCUT2D eigenvalue weighted by Crippen LogP contribution is -2.39. The van der Waals surface area contributed by atoms with E-state index >= 15 is 0 Å². The molecule has 28 heavy (non-hydrogen) atoms. The monoisotopic (exact) mass is 392 g/mol. The van der Waals surface area contributed by atoms with Crippen LogP contribution in [-0.4, -0.2) is 32.3 Å². The van der Waals surface area contributed by atoms with E-state index in [0.717, 1.165) is 64.5 Å². The van der Waals surface area contributed by atoms with Crippen molar-refractivity contribution in [2.45, 2.75) is 46.1 Å². The van der Waals surface area contributed by atoms with E-state index in [9.17, 15) is 4.79 Å². The third-order valence-corrected chi connectivity index (χ3v) is 6.31. The summed E-state index contributed by atoms with van der Waals surface area (Å²) >= 11 is 1.52. The van der Waals surface area contributed by atoms with E-state index < -0.39 is 0 Å². The molecule has 1 unspecified atom stereocenters. The second-order valence-electron chi connectivity index (χ2n) is 7.41. The van der Waals surface area contributed by atoms with Crippen molar-refractivity contribution in [2.75, 3.05) is 6.54 Å². The SMILES string of the molecule is Cc1csc(C(=O)N2CCCCC2c2nc(C)ncc2-c2ccncc2C)c1. The number of rotatable bonds is 3. The number of likely N-dealkylation sites (tertiary alicyclic amines) is 1. The minimum Gasteiger partial charge on any atom is -0.329 e. The normalized spacial score (nSPS) is 17.0. The zero-order chi connectivity index (χ0) is 19.7. The highest BCUT2D eigenvalue weighted by Gasteiger charge is 2.32. The Morgan fingerprint density at radius 2 is 2.04 bits per heavy atom. The van der Waals surface area contributed by atoms with Crippen LogP contribution in [0.25, 0.3) is 11.1 Å². The predicted molar refractivity (Wildman–Crippen MR) is 111 cm³/mol. The number of carbonyl (C=O) groups excluding carboxylic acids is 1. The number of thiophene rings is 1. The molecule has 3 aromatic rings. The lowest BCUT2D eigenvalue weighted by molar-refractivity contribution is 0.0611. The van der Waals surface area contributed by atoms with Gasteiger partial charge in [-0.25, -0.2) is 9.97 Å². The Hall–Kier alpha value is -2.60. The number of pyridine rings is 1. The zero-order valence-electron chi connectivity index (χ0n) is 16.5. The molecule has 0 aliphatic carbocycles. The second-order valence-corrected chi connectivity index (χ2v) is 8.32. The van der Waals surface area contributed by atoms with E-state index in [-0.39, 0.29) is 11.9 Å². The molecular formula is C22H24N4OS. The van der Waals surface area contributed by atoms with Gasteiger partial charge in [-0.3, -0.25) is 9.78 Å². The van der Waals surface area contributed by atoms with Gasteiger partial charge in [-0.1, -0.05) is 0 Å². The fraction of sp³-hybridized carbons (Fsp3) is 0.364. The van der Waals surface area contributed by atoms with E-state index in [1.54, 1.807) is 6.20 Å². The lowest BCUT2D eigenvalue weighted by atomic mass is 9.92. The van der Waals surface area contributed by atoms with Crippen molar-refractivity contribution in [1.82, 2.24) is 19.9 Å². The molecule has 0 aromatic carbocycles. The molecule has 0 saturated carbocycles. The first-order chi connectivity index (χ1) is 13.5. The van der Waals surface area contributed by atoms with Crippen LogP contribution in [0.2, 0.25) is 0 Å². The van der Waals surface area contributed by atoms with Crippen LogP contribution in [0.3, 0.4) is 0 Å². The van der Waals surface area contributed by atoms with Crippen LogP contribution in [0.15, 0.2) is 36.1 Å².